The summed E-state index contributed by atoms with van der Waals surface area (Å²) in [6.07, 6.45) is 2.70. The van der Waals surface area contributed by atoms with Crippen LogP contribution in [0.25, 0.3) is 11.0 Å². The van der Waals surface area contributed by atoms with Crippen molar-refractivity contribution in [1.82, 2.24) is 0 Å². The van der Waals surface area contributed by atoms with E-state index in [1.54, 1.807) is 0 Å². The second-order valence-electron chi connectivity index (χ2n) is 7.56. The predicted octanol–water partition coefficient (Wildman–Crippen LogP) is 2.80. The minimum Gasteiger partial charge on any atom is -1.00 e. The molecule has 0 aliphatic rings. The van der Waals surface area contributed by atoms with Crippen molar-refractivity contribution in [1.29, 1.82) is 5.26 Å². The number of nitrogens with zero attached hydrogens (tertiary/aromatic N) is 1. The number of rotatable bonds is 5. The van der Waals surface area contributed by atoms with E-state index in [9.17, 15) is 5.26 Å². The van der Waals surface area contributed by atoms with Gasteiger partial charge in [0.05, 0.1) is 17.9 Å². The average Bonchev–Trinajstić information content (AvgIpc) is 3.26. The third kappa shape index (κ3) is 3.82. The highest BCUT2D eigenvalue weighted by Gasteiger charge is 2.46. The molecule has 2 nitrogen and oxygen atoms in total. The maximum absolute atomic E-state index is 9.42. The van der Waals surface area contributed by atoms with E-state index in [0.717, 1.165) is 22.7 Å². The van der Waals surface area contributed by atoms with E-state index in [2.05, 4.69) is 97.1 Å². The molecule has 4 heteroatoms. The van der Waals surface area contributed by atoms with Gasteiger partial charge in [-0.2, -0.15) is 5.26 Å². The van der Waals surface area contributed by atoms with Crippen LogP contribution in [-0.2, 0) is 6.16 Å². The summed E-state index contributed by atoms with van der Waals surface area (Å²) in [7, 11) is -2.01. The first-order chi connectivity index (χ1) is 15.3. The van der Waals surface area contributed by atoms with Crippen LogP contribution in [-0.4, -0.2) is 0 Å². The van der Waals surface area contributed by atoms with Crippen LogP contribution in [0.1, 0.15) is 11.1 Å². The SMILES string of the molecule is N#Cc1ccc2occ(C[P+](c3ccccc3)(c3ccccc3)c3ccccc3)c2c1.[Cl-]. The quantitative estimate of drug-likeness (QED) is 0.384. The van der Waals surface area contributed by atoms with Gasteiger partial charge >= 0.3 is 0 Å². The molecule has 0 aliphatic heterocycles. The number of fused-ring (bicyclic) bond motifs is 1. The molecule has 0 N–H and O–H groups in total. The predicted molar refractivity (Wildman–Crippen MR) is 130 cm³/mol. The Balaban J connectivity index is 0.00000245. The first-order valence-electron chi connectivity index (χ1n) is 10.3. The van der Waals surface area contributed by atoms with Crippen LogP contribution in [0, 0.1) is 11.3 Å². The van der Waals surface area contributed by atoms with Crippen LogP contribution in [0.3, 0.4) is 0 Å². The molecule has 32 heavy (non-hydrogen) atoms. The molecule has 1 heterocycles. The highest BCUT2D eigenvalue weighted by Crippen LogP contribution is 2.58. The van der Waals surface area contributed by atoms with Crippen molar-refractivity contribution in [3.05, 3.63) is 127 Å². The third-order valence-corrected chi connectivity index (χ3v) is 10.1. The summed E-state index contributed by atoms with van der Waals surface area (Å²) in [5.41, 5.74) is 2.61. The molecule has 0 saturated heterocycles. The van der Waals surface area contributed by atoms with E-state index in [0.29, 0.717) is 5.56 Å². The van der Waals surface area contributed by atoms with Gasteiger partial charge in [0, 0.05) is 10.9 Å². The molecule has 5 rings (SSSR count). The number of nitriles is 1. The van der Waals surface area contributed by atoms with E-state index in [4.69, 9.17) is 4.42 Å². The number of benzene rings is 4. The standard InChI is InChI=1S/C28H21NOP.ClH/c29-19-22-16-17-28-27(18-22)23(20-30-28)21-31(24-10-4-1-5-11-24,25-12-6-2-7-13-25)26-14-8-3-9-15-26;/h1-18,20H,21H2;1H/q+1;/p-1. The Hall–Kier alpha value is -3.37. The Morgan fingerprint density at radius 2 is 1.19 bits per heavy atom. The Morgan fingerprint density at radius 3 is 1.66 bits per heavy atom. The molecule has 0 fully saturated rings. The largest absolute Gasteiger partial charge is 1.00 e. The van der Waals surface area contributed by atoms with Crippen LogP contribution in [0.4, 0.5) is 0 Å². The van der Waals surface area contributed by atoms with Crippen LogP contribution < -0.4 is 28.3 Å². The van der Waals surface area contributed by atoms with Gasteiger partial charge < -0.3 is 16.8 Å². The lowest BCUT2D eigenvalue weighted by molar-refractivity contribution is -0.00000659. The highest BCUT2D eigenvalue weighted by molar-refractivity contribution is 7.95. The summed E-state index contributed by atoms with van der Waals surface area (Å²) in [6.45, 7) is 0. The monoisotopic (exact) mass is 453 g/mol. The summed E-state index contributed by atoms with van der Waals surface area (Å²) in [4.78, 5) is 0. The van der Waals surface area contributed by atoms with Gasteiger partial charge in [-0.25, -0.2) is 0 Å². The molecule has 0 atom stereocenters. The molecular formula is C28H21ClNOP. The number of furan rings is 1. The first kappa shape index (κ1) is 21.8. The van der Waals surface area contributed by atoms with Gasteiger partial charge in [-0.05, 0) is 54.6 Å². The molecule has 0 aliphatic carbocycles. The van der Waals surface area contributed by atoms with Crippen molar-refractivity contribution in [3.8, 4) is 6.07 Å². The lowest BCUT2D eigenvalue weighted by atomic mass is 10.1. The zero-order valence-corrected chi connectivity index (χ0v) is 19.0. The van der Waals surface area contributed by atoms with Crippen molar-refractivity contribution >= 4 is 34.1 Å². The fourth-order valence-corrected chi connectivity index (χ4v) is 8.54. The summed E-state index contributed by atoms with van der Waals surface area (Å²) >= 11 is 0. The lowest BCUT2D eigenvalue weighted by Gasteiger charge is -2.27. The van der Waals surface area contributed by atoms with Crippen molar-refractivity contribution in [2.45, 2.75) is 6.16 Å². The molecule has 5 aromatic rings. The molecule has 0 amide bonds. The maximum Gasteiger partial charge on any atom is 0.134 e. The van der Waals surface area contributed by atoms with E-state index >= 15 is 0 Å². The zero-order valence-electron chi connectivity index (χ0n) is 17.4. The smallest absolute Gasteiger partial charge is 0.134 e. The van der Waals surface area contributed by atoms with Crippen molar-refractivity contribution in [3.63, 3.8) is 0 Å². The molecule has 0 saturated carbocycles. The summed E-state index contributed by atoms with van der Waals surface area (Å²) in [5, 5.41) is 14.4. The van der Waals surface area contributed by atoms with E-state index < -0.39 is 7.26 Å². The summed E-state index contributed by atoms with van der Waals surface area (Å²) < 4.78 is 5.91. The normalized spacial score (nSPS) is 11.0. The topological polar surface area (TPSA) is 36.9 Å². The first-order valence-corrected chi connectivity index (χ1v) is 12.2. The molecular weight excluding hydrogens is 433 g/mol. The summed E-state index contributed by atoms with van der Waals surface area (Å²) in [6, 6.07) is 40.3. The molecule has 1 aromatic heterocycles. The second-order valence-corrected chi connectivity index (χ2v) is 11.0. The van der Waals surface area contributed by atoms with Crippen LogP contribution in [0.2, 0.25) is 0 Å². The molecule has 0 bridgehead atoms. The number of hydrogen-bond acceptors (Lipinski definition) is 2. The second kappa shape index (κ2) is 9.41. The Bertz CT molecular complexity index is 1260. The molecule has 0 radical (unpaired) electrons. The third-order valence-electron chi connectivity index (χ3n) is 5.78. The van der Waals surface area contributed by atoms with E-state index in [-0.39, 0.29) is 12.4 Å². The molecule has 0 unspecified atom stereocenters. The van der Waals surface area contributed by atoms with Gasteiger partial charge in [-0.15, -0.1) is 0 Å². The van der Waals surface area contributed by atoms with Gasteiger partial charge in [0.25, 0.3) is 0 Å². The number of hydrogen-bond donors (Lipinski definition) is 0. The van der Waals surface area contributed by atoms with Gasteiger partial charge in [0.2, 0.25) is 0 Å². The lowest BCUT2D eigenvalue weighted by Crippen LogP contribution is -3.00. The number of halogens is 1. The van der Waals surface area contributed by atoms with Gasteiger partial charge in [0.15, 0.2) is 0 Å². The van der Waals surface area contributed by atoms with Crippen LogP contribution in [0.15, 0.2) is 120 Å². The van der Waals surface area contributed by atoms with Crippen molar-refractivity contribution < 1.29 is 16.8 Å². The van der Waals surface area contributed by atoms with Crippen LogP contribution in [0.5, 0.6) is 0 Å². The Morgan fingerprint density at radius 1 is 0.688 bits per heavy atom. The van der Waals surface area contributed by atoms with Gasteiger partial charge in [-0.3, -0.25) is 0 Å². The molecule has 0 spiro atoms. The highest BCUT2D eigenvalue weighted by atomic mass is 35.5. The van der Waals surface area contributed by atoms with Crippen molar-refractivity contribution in [2.75, 3.05) is 0 Å². The fraction of sp³-hybridized carbons (Fsp3) is 0.0357. The van der Waals surface area contributed by atoms with Gasteiger partial charge in [-0.1, -0.05) is 54.6 Å². The maximum atomic E-state index is 9.42. The minimum absolute atomic E-state index is 0. The van der Waals surface area contributed by atoms with E-state index in [1.807, 2.05) is 24.5 Å². The van der Waals surface area contributed by atoms with E-state index in [1.165, 1.54) is 15.9 Å². The van der Waals surface area contributed by atoms with Gasteiger partial charge in [0.1, 0.15) is 34.9 Å². The Labute approximate surface area is 194 Å². The molecule has 4 aromatic carbocycles. The van der Waals surface area contributed by atoms with Crippen LogP contribution >= 0.6 is 7.26 Å². The fourth-order valence-electron chi connectivity index (χ4n) is 4.30. The van der Waals surface area contributed by atoms with Crippen molar-refractivity contribution in [2.24, 2.45) is 0 Å². The molecule has 156 valence electrons. The Kier molecular flexibility index (Phi) is 6.42. The average molecular weight is 454 g/mol. The zero-order chi connectivity index (χ0) is 21.1. The minimum atomic E-state index is -2.01. The summed E-state index contributed by atoms with van der Waals surface area (Å²) in [5.74, 6) is 0.